The molecule has 0 radical (unpaired) electrons. The lowest BCUT2D eigenvalue weighted by molar-refractivity contribution is 0.0200. The van der Waals surface area contributed by atoms with Gasteiger partial charge in [0.1, 0.15) is 0 Å². The lowest BCUT2D eigenvalue weighted by Gasteiger charge is -2.23. The molecule has 0 spiro atoms. The molecule has 1 aromatic carbocycles. The van der Waals surface area contributed by atoms with Crippen LogP contribution in [0.5, 0.6) is 0 Å². The molecule has 11 heteroatoms. The number of nitrogens with one attached hydrogen (secondary N) is 2. The van der Waals surface area contributed by atoms with Crippen molar-refractivity contribution in [1.29, 1.82) is 0 Å². The number of ether oxygens (including phenoxy) is 1. The van der Waals surface area contributed by atoms with Crippen LogP contribution in [-0.4, -0.2) is 74.7 Å². The van der Waals surface area contributed by atoms with Gasteiger partial charge in [0.15, 0.2) is 5.96 Å². The second kappa shape index (κ2) is 13.1. The molecule has 1 aromatic heterocycles. The number of hydrogen-bond donors (Lipinski definition) is 2. The summed E-state index contributed by atoms with van der Waals surface area (Å²) in [5, 5.41) is 7.53. The molecule has 1 unspecified atom stereocenters. The van der Waals surface area contributed by atoms with Gasteiger partial charge in [0, 0.05) is 52.1 Å². The number of rotatable bonds is 9. The fraction of sp³-hybridized carbons (Fsp3) is 0.524. The van der Waals surface area contributed by atoms with Crippen molar-refractivity contribution < 1.29 is 13.2 Å². The quantitative estimate of drug-likeness (QED) is 0.269. The molecule has 1 aliphatic heterocycles. The first-order valence-electron chi connectivity index (χ1n) is 10.6. The molecule has 1 atom stereocenters. The predicted molar refractivity (Wildman–Crippen MR) is 137 cm³/mol. The zero-order valence-electron chi connectivity index (χ0n) is 18.6. The molecule has 32 heavy (non-hydrogen) atoms. The smallest absolute Gasteiger partial charge is 0.213 e. The van der Waals surface area contributed by atoms with Crippen LogP contribution in [0.2, 0.25) is 0 Å². The van der Waals surface area contributed by atoms with Crippen molar-refractivity contribution in [3.8, 4) is 5.69 Å². The lowest BCUT2D eigenvalue weighted by atomic mass is 10.1. The standard InChI is InChI=1S/C21H32N6O3S.HI/c1-22-21(23-11-13-31(28,29)25-15-20-10-6-7-12-30-20)26(2)16-18-14-24-27(17-18)19-8-4-3-5-9-19;/h3-5,8-9,14,17,20,25H,6-7,10-13,15-16H2,1-2H3,(H,22,23);1H. The Kier molecular flexibility index (Phi) is 10.9. The zero-order valence-corrected chi connectivity index (χ0v) is 21.8. The monoisotopic (exact) mass is 576 g/mol. The average molecular weight is 577 g/mol. The molecule has 0 bridgehead atoms. The molecule has 1 fully saturated rings. The molecular formula is C21H33IN6O3S. The normalized spacial score (nSPS) is 16.9. The minimum absolute atomic E-state index is 0. The van der Waals surface area contributed by atoms with Gasteiger partial charge in [-0.3, -0.25) is 4.99 Å². The van der Waals surface area contributed by atoms with Crippen LogP contribution < -0.4 is 10.0 Å². The Morgan fingerprint density at radius 1 is 1.31 bits per heavy atom. The maximum Gasteiger partial charge on any atom is 0.213 e. The molecule has 2 N–H and O–H groups in total. The van der Waals surface area contributed by atoms with Crippen molar-refractivity contribution in [2.75, 3.05) is 39.5 Å². The number of para-hydroxylation sites is 1. The van der Waals surface area contributed by atoms with Crippen LogP contribution in [-0.2, 0) is 21.3 Å². The molecule has 2 heterocycles. The van der Waals surface area contributed by atoms with Crippen LogP contribution >= 0.6 is 24.0 Å². The van der Waals surface area contributed by atoms with Gasteiger partial charge in [-0.05, 0) is 31.4 Å². The van der Waals surface area contributed by atoms with E-state index in [1.807, 2.05) is 59.4 Å². The van der Waals surface area contributed by atoms with E-state index in [9.17, 15) is 8.42 Å². The predicted octanol–water partition coefficient (Wildman–Crippen LogP) is 1.99. The summed E-state index contributed by atoms with van der Waals surface area (Å²) in [6.45, 7) is 1.90. The molecule has 0 aliphatic carbocycles. The van der Waals surface area contributed by atoms with E-state index in [0.717, 1.165) is 30.5 Å². The second-order valence-corrected chi connectivity index (χ2v) is 9.54. The van der Waals surface area contributed by atoms with Crippen molar-refractivity contribution in [2.45, 2.75) is 31.9 Å². The van der Waals surface area contributed by atoms with E-state index in [-0.39, 0.29) is 42.4 Å². The van der Waals surface area contributed by atoms with E-state index in [1.54, 1.807) is 7.05 Å². The summed E-state index contributed by atoms with van der Waals surface area (Å²) in [7, 11) is 0.209. The highest BCUT2D eigenvalue weighted by molar-refractivity contribution is 14.0. The Hall–Kier alpha value is -1.70. The molecule has 9 nitrogen and oxygen atoms in total. The van der Waals surface area contributed by atoms with Crippen LogP contribution in [0.25, 0.3) is 5.69 Å². The molecular weight excluding hydrogens is 543 g/mol. The number of benzene rings is 1. The highest BCUT2D eigenvalue weighted by atomic mass is 127. The molecule has 1 saturated heterocycles. The Morgan fingerprint density at radius 2 is 2.09 bits per heavy atom. The number of hydrogen-bond acceptors (Lipinski definition) is 5. The number of aromatic nitrogens is 2. The summed E-state index contributed by atoms with van der Waals surface area (Å²) < 4.78 is 34.6. The first-order valence-corrected chi connectivity index (χ1v) is 12.2. The van der Waals surface area contributed by atoms with Crippen molar-refractivity contribution in [3.05, 3.63) is 48.3 Å². The topological polar surface area (TPSA) is 101 Å². The number of aliphatic imine (C=N–C) groups is 1. The van der Waals surface area contributed by atoms with E-state index < -0.39 is 10.0 Å². The van der Waals surface area contributed by atoms with Crippen LogP contribution in [0, 0.1) is 0 Å². The van der Waals surface area contributed by atoms with Crippen molar-refractivity contribution in [1.82, 2.24) is 24.7 Å². The van der Waals surface area contributed by atoms with Crippen LogP contribution in [0.15, 0.2) is 47.7 Å². The van der Waals surface area contributed by atoms with Gasteiger partial charge >= 0.3 is 0 Å². The van der Waals surface area contributed by atoms with E-state index >= 15 is 0 Å². The summed E-state index contributed by atoms with van der Waals surface area (Å²) in [4.78, 5) is 6.19. The van der Waals surface area contributed by atoms with Gasteiger partial charge < -0.3 is 15.0 Å². The van der Waals surface area contributed by atoms with Gasteiger partial charge in [0.25, 0.3) is 0 Å². The molecule has 0 saturated carbocycles. The second-order valence-electron chi connectivity index (χ2n) is 7.61. The third-order valence-electron chi connectivity index (χ3n) is 5.11. The van der Waals surface area contributed by atoms with Crippen LogP contribution in [0.1, 0.15) is 24.8 Å². The van der Waals surface area contributed by atoms with Gasteiger partial charge in [-0.2, -0.15) is 5.10 Å². The number of guanidine groups is 1. The van der Waals surface area contributed by atoms with Crippen LogP contribution in [0.4, 0.5) is 0 Å². The third kappa shape index (κ3) is 8.34. The summed E-state index contributed by atoms with van der Waals surface area (Å²) >= 11 is 0. The van der Waals surface area contributed by atoms with Crippen LogP contribution in [0.3, 0.4) is 0 Å². The lowest BCUT2D eigenvalue weighted by Crippen LogP contribution is -2.43. The van der Waals surface area contributed by atoms with Crippen molar-refractivity contribution in [2.24, 2.45) is 4.99 Å². The summed E-state index contributed by atoms with van der Waals surface area (Å²) in [6.07, 6.45) is 6.80. The van der Waals surface area contributed by atoms with E-state index in [2.05, 4.69) is 20.1 Å². The highest BCUT2D eigenvalue weighted by Crippen LogP contribution is 2.12. The summed E-state index contributed by atoms with van der Waals surface area (Å²) in [5.41, 5.74) is 2.02. The van der Waals surface area contributed by atoms with Gasteiger partial charge in [-0.25, -0.2) is 17.8 Å². The third-order valence-corrected chi connectivity index (χ3v) is 6.46. The fourth-order valence-electron chi connectivity index (χ4n) is 3.45. The maximum absolute atomic E-state index is 12.3. The molecule has 178 valence electrons. The van der Waals surface area contributed by atoms with Gasteiger partial charge in [-0.1, -0.05) is 18.2 Å². The van der Waals surface area contributed by atoms with Crippen molar-refractivity contribution in [3.63, 3.8) is 0 Å². The Bertz CT molecular complexity index is 945. The number of halogens is 1. The van der Waals surface area contributed by atoms with Crippen molar-refractivity contribution >= 4 is 40.0 Å². The van der Waals surface area contributed by atoms with E-state index in [0.29, 0.717) is 25.7 Å². The number of sulfonamides is 1. The maximum atomic E-state index is 12.3. The summed E-state index contributed by atoms with van der Waals surface area (Å²) in [6, 6.07) is 9.90. The number of nitrogens with zero attached hydrogens (tertiary/aromatic N) is 4. The average Bonchev–Trinajstić information content (AvgIpc) is 3.25. The van der Waals surface area contributed by atoms with E-state index in [4.69, 9.17) is 4.74 Å². The summed E-state index contributed by atoms with van der Waals surface area (Å²) in [5.74, 6) is 0.594. The van der Waals surface area contributed by atoms with Gasteiger partial charge in [-0.15, -0.1) is 24.0 Å². The first kappa shape index (κ1) is 26.6. The highest BCUT2D eigenvalue weighted by Gasteiger charge is 2.18. The first-order chi connectivity index (χ1) is 15.0. The Labute approximate surface area is 207 Å². The molecule has 1 aliphatic rings. The molecule has 2 aromatic rings. The minimum Gasteiger partial charge on any atom is -0.377 e. The zero-order chi connectivity index (χ0) is 22.1. The Morgan fingerprint density at radius 3 is 2.78 bits per heavy atom. The Balaban J connectivity index is 0.00000363. The molecule has 3 rings (SSSR count). The SMILES string of the molecule is CN=C(NCCS(=O)(=O)NCC1CCCCO1)N(C)Cc1cnn(-c2ccccc2)c1.I. The minimum atomic E-state index is -3.38. The van der Waals surface area contributed by atoms with E-state index in [1.165, 1.54) is 0 Å². The molecule has 0 amide bonds. The fourth-order valence-corrected chi connectivity index (χ4v) is 4.41. The largest absolute Gasteiger partial charge is 0.377 e. The van der Waals surface area contributed by atoms with Gasteiger partial charge in [0.2, 0.25) is 10.0 Å². The van der Waals surface area contributed by atoms with Gasteiger partial charge in [0.05, 0.1) is 23.7 Å².